The molecule has 1 aliphatic rings. The van der Waals surface area contributed by atoms with Crippen LogP contribution in [0.15, 0.2) is 6.20 Å². The van der Waals surface area contributed by atoms with E-state index in [1.54, 1.807) is 10.9 Å². The first-order chi connectivity index (χ1) is 10.4. The van der Waals surface area contributed by atoms with E-state index >= 15 is 0 Å². The molecule has 23 heavy (non-hydrogen) atoms. The van der Waals surface area contributed by atoms with Crippen LogP contribution in [0.4, 0.5) is 0 Å². The van der Waals surface area contributed by atoms with Crippen molar-refractivity contribution in [3.63, 3.8) is 0 Å². The van der Waals surface area contributed by atoms with E-state index in [9.17, 15) is 13.5 Å². The third kappa shape index (κ3) is 4.30. The van der Waals surface area contributed by atoms with Gasteiger partial charge in [0.2, 0.25) is 10.0 Å². The summed E-state index contributed by atoms with van der Waals surface area (Å²) >= 11 is 0. The number of aromatic nitrogens is 3. The molecule has 0 saturated carbocycles. The zero-order valence-electron chi connectivity index (χ0n) is 14.7. The second kappa shape index (κ2) is 6.14. The van der Waals surface area contributed by atoms with Gasteiger partial charge in [0.05, 0.1) is 11.9 Å². The van der Waals surface area contributed by atoms with Crippen molar-refractivity contribution in [1.82, 2.24) is 19.3 Å². The summed E-state index contributed by atoms with van der Waals surface area (Å²) in [5, 5.41) is 19.0. The molecule has 1 N–H and O–H groups in total. The highest BCUT2D eigenvalue weighted by atomic mass is 32.2. The van der Waals surface area contributed by atoms with Gasteiger partial charge >= 0.3 is 0 Å². The quantitative estimate of drug-likeness (QED) is 0.894. The van der Waals surface area contributed by atoms with Gasteiger partial charge in [0.15, 0.2) is 0 Å². The fourth-order valence-electron chi connectivity index (χ4n) is 2.83. The van der Waals surface area contributed by atoms with Crippen LogP contribution in [0.2, 0.25) is 0 Å². The second-order valence-corrected chi connectivity index (χ2v) is 9.93. The minimum Gasteiger partial charge on any atom is -0.382 e. The number of rotatable bonds is 4. The molecular weight excluding hydrogens is 316 g/mol. The average molecular weight is 344 g/mol. The van der Waals surface area contributed by atoms with E-state index in [4.69, 9.17) is 0 Å². The molecule has 7 nitrogen and oxygen atoms in total. The Morgan fingerprint density at radius 3 is 2.57 bits per heavy atom. The van der Waals surface area contributed by atoms with Crippen molar-refractivity contribution in [2.75, 3.05) is 18.8 Å². The minimum atomic E-state index is -3.41. The summed E-state index contributed by atoms with van der Waals surface area (Å²) in [6.45, 7) is 10.1. The highest BCUT2D eigenvalue weighted by molar-refractivity contribution is 7.89. The molecule has 2 heterocycles. The van der Waals surface area contributed by atoms with E-state index in [0.29, 0.717) is 25.1 Å². The monoisotopic (exact) mass is 344 g/mol. The van der Waals surface area contributed by atoms with Crippen LogP contribution in [-0.4, -0.2) is 51.7 Å². The Morgan fingerprint density at radius 1 is 1.39 bits per heavy atom. The van der Waals surface area contributed by atoms with Gasteiger partial charge in [-0.25, -0.2) is 13.1 Å². The first-order valence-electron chi connectivity index (χ1n) is 8.05. The van der Waals surface area contributed by atoms with E-state index in [1.165, 1.54) is 4.31 Å². The molecule has 132 valence electrons. The molecular formula is C15H28N4O3S. The summed E-state index contributed by atoms with van der Waals surface area (Å²) in [6.07, 6.45) is 2.81. The van der Waals surface area contributed by atoms with Gasteiger partial charge in [0.1, 0.15) is 11.3 Å². The van der Waals surface area contributed by atoms with Crippen LogP contribution < -0.4 is 0 Å². The summed E-state index contributed by atoms with van der Waals surface area (Å²) in [4.78, 5) is 0. The summed E-state index contributed by atoms with van der Waals surface area (Å²) in [5.41, 5.74) is -1.15. The Hall–Kier alpha value is -0.990. The fraction of sp³-hybridized carbons (Fsp3) is 0.867. The van der Waals surface area contributed by atoms with Gasteiger partial charge in [-0.1, -0.05) is 26.0 Å². The number of hydrogen-bond acceptors (Lipinski definition) is 5. The minimum absolute atomic E-state index is 0.0439. The van der Waals surface area contributed by atoms with E-state index in [1.807, 2.05) is 34.6 Å². The first-order valence-corrected chi connectivity index (χ1v) is 9.66. The van der Waals surface area contributed by atoms with Gasteiger partial charge in [-0.05, 0) is 32.1 Å². The van der Waals surface area contributed by atoms with Gasteiger partial charge < -0.3 is 5.11 Å². The van der Waals surface area contributed by atoms with Crippen molar-refractivity contribution in [3.8, 4) is 0 Å². The van der Waals surface area contributed by atoms with Crippen LogP contribution in [0.1, 0.15) is 59.2 Å². The number of piperidine rings is 1. The summed E-state index contributed by atoms with van der Waals surface area (Å²) in [7, 11) is -3.41. The molecule has 0 bridgehead atoms. The molecule has 1 aliphatic heterocycles. The van der Waals surface area contributed by atoms with E-state index < -0.39 is 15.6 Å². The third-order valence-electron chi connectivity index (χ3n) is 3.96. The van der Waals surface area contributed by atoms with E-state index in [2.05, 4.69) is 10.3 Å². The molecule has 1 atom stereocenters. The molecule has 0 amide bonds. The Bertz CT molecular complexity index is 648. The van der Waals surface area contributed by atoms with Gasteiger partial charge in [-0.15, -0.1) is 5.10 Å². The lowest BCUT2D eigenvalue weighted by atomic mass is 9.91. The van der Waals surface area contributed by atoms with Gasteiger partial charge in [0, 0.05) is 19.1 Å². The van der Waals surface area contributed by atoms with Crippen LogP contribution in [-0.2, 0) is 15.6 Å². The topological polar surface area (TPSA) is 88.3 Å². The second-order valence-electron chi connectivity index (χ2n) is 7.96. The van der Waals surface area contributed by atoms with Crippen LogP contribution in [0, 0.1) is 5.41 Å². The smallest absolute Gasteiger partial charge is 0.214 e. The first kappa shape index (κ1) is 18.4. The van der Waals surface area contributed by atoms with Crippen molar-refractivity contribution < 1.29 is 13.5 Å². The molecule has 2 rings (SSSR count). The predicted octanol–water partition coefficient (Wildman–Crippen LogP) is 1.52. The Labute approximate surface area is 138 Å². The van der Waals surface area contributed by atoms with Crippen LogP contribution in [0.3, 0.4) is 0 Å². The maximum atomic E-state index is 12.6. The zero-order valence-corrected chi connectivity index (χ0v) is 15.5. The largest absolute Gasteiger partial charge is 0.382 e. The van der Waals surface area contributed by atoms with Crippen molar-refractivity contribution in [3.05, 3.63) is 11.9 Å². The summed E-state index contributed by atoms with van der Waals surface area (Å²) in [5.74, 6) is 0.0643. The Balaban J connectivity index is 2.22. The maximum absolute atomic E-state index is 12.6. The Morgan fingerprint density at radius 2 is 2.04 bits per heavy atom. The van der Waals surface area contributed by atoms with Crippen molar-refractivity contribution in [2.45, 2.75) is 59.1 Å². The SMILES string of the molecule is CC(C)n1cc(C2(O)CCCN(S(=O)(=O)CC(C)(C)C)C2)nn1. The molecule has 1 unspecified atom stereocenters. The Kier molecular flexibility index (Phi) is 4.90. The molecule has 1 aromatic rings. The van der Waals surface area contributed by atoms with E-state index in [0.717, 1.165) is 0 Å². The molecule has 0 radical (unpaired) electrons. The standard InChI is InChI=1S/C15H28N4O3S/c1-12(2)19-9-13(16-17-19)15(20)7-6-8-18(10-15)23(21,22)11-14(3,4)5/h9,12,20H,6-8,10-11H2,1-5H3. The van der Waals surface area contributed by atoms with Gasteiger partial charge in [-0.3, -0.25) is 0 Å². The molecule has 0 spiro atoms. The lowest BCUT2D eigenvalue weighted by Crippen LogP contribution is -2.50. The van der Waals surface area contributed by atoms with Crippen LogP contribution in [0.5, 0.6) is 0 Å². The fourth-order valence-corrected chi connectivity index (χ4v) is 4.92. The number of sulfonamides is 1. The van der Waals surface area contributed by atoms with Gasteiger partial charge in [0.25, 0.3) is 0 Å². The molecule has 1 fully saturated rings. The van der Waals surface area contributed by atoms with Crippen molar-refractivity contribution in [2.24, 2.45) is 5.41 Å². The van der Waals surface area contributed by atoms with Crippen molar-refractivity contribution in [1.29, 1.82) is 0 Å². The lowest BCUT2D eigenvalue weighted by Gasteiger charge is -2.38. The summed E-state index contributed by atoms with van der Waals surface area (Å²) < 4.78 is 28.3. The van der Waals surface area contributed by atoms with Crippen LogP contribution >= 0.6 is 0 Å². The normalized spacial score (nSPS) is 24.3. The zero-order chi connectivity index (χ0) is 17.5. The highest BCUT2D eigenvalue weighted by Gasteiger charge is 2.42. The number of β-amino-alcohol motifs (C(OH)–C–C–N with tert-alkyl or cyclic N) is 1. The summed E-state index contributed by atoms with van der Waals surface area (Å²) in [6, 6.07) is 0.143. The molecule has 1 aromatic heterocycles. The molecule has 1 saturated heterocycles. The predicted molar refractivity (Wildman–Crippen MR) is 88.4 cm³/mol. The van der Waals surface area contributed by atoms with Crippen LogP contribution in [0.25, 0.3) is 0 Å². The number of aliphatic hydroxyl groups is 1. The third-order valence-corrected chi connectivity index (χ3v) is 6.29. The maximum Gasteiger partial charge on any atom is 0.214 e. The molecule has 0 aromatic carbocycles. The van der Waals surface area contributed by atoms with Crippen molar-refractivity contribution >= 4 is 10.0 Å². The average Bonchev–Trinajstić information content (AvgIpc) is 2.86. The number of hydrogen-bond donors (Lipinski definition) is 1. The molecule has 0 aliphatic carbocycles. The van der Waals surface area contributed by atoms with E-state index in [-0.39, 0.29) is 23.8 Å². The molecule has 8 heteroatoms. The van der Waals surface area contributed by atoms with Gasteiger partial charge in [-0.2, -0.15) is 4.31 Å². The number of nitrogens with zero attached hydrogens (tertiary/aromatic N) is 4. The highest BCUT2D eigenvalue weighted by Crippen LogP contribution is 2.32. The lowest BCUT2D eigenvalue weighted by molar-refractivity contribution is -0.0163.